The Kier molecular flexibility index (Phi) is 5.64. The van der Waals surface area contributed by atoms with Crippen molar-refractivity contribution in [2.75, 3.05) is 33.4 Å². The molecule has 0 unspecified atom stereocenters. The topological polar surface area (TPSA) is 68.0 Å². The summed E-state index contributed by atoms with van der Waals surface area (Å²) in [4.78, 5) is 2.24. The molecular formula is C15H24N2O3. The predicted octanol–water partition coefficient (Wildman–Crippen LogP) is 0.858. The predicted molar refractivity (Wildman–Crippen MR) is 78.1 cm³/mol. The molecule has 112 valence electrons. The molecule has 1 saturated heterocycles. The summed E-state index contributed by atoms with van der Waals surface area (Å²) in [5.74, 6) is 1.35. The zero-order chi connectivity index (χ0) is 14.4. The van der Waals surface area contributed by atoms with Crippen LogP contribution in [0.3, 0.4) is 0 Å². The van der Waals surface area contributed by atoms with E-state index in [0.29, 0.717) is 24.1 Å². The van der Waals surface area contributed by atoms with Gasteiger partial charge in [0.05, 0.1) is 7.11 Å². The Morgan fingerprint density at radius 3 is 2.60 bits per heavy atom. The molecule has 1 aromatic carbocycles. The van der Waals surface area contributed by atoms with E-state index in [9.17, 15) is 5.11 Å². The number of likely N-dealkylation sites (tertiary alicyclic amines) is 1. The average Bonchev–Trinajstić information content (AvgIpc) is 2.48. The van der Waals surface area contributed by atoms with E-state index in [1.165, 1.54) is 0 Å². The number of aliphatic hydroxyl groups is 1. The van der Waals surface area contributed by atoms with Crippen molar-refractivity contribution in [2.24, 2.45) is 5.73 Å². The zero-order valence-electron chi connectivity index (χ0n) is 12.0. The van der Waals surface area contributed by atoms with E-state index < -0.39 is 6.10 Å². The second kappa shape index (κ2) is 7.47. The number of methoxy groups -OCH3 is 1. The van der Waals surface area contributed by atoms with Crippen LogP contribution in [0.25, 0.3) is 0 Å². The molecule has 1 aliphatic heterocycles. The lowest BCUT2D eigenvalue weighted by atomic mass is 10.1. The Balaban J connectivity index is 1.76. The second-order valence-corrected chi connectivity index (χ2v) is 5.25. The number of rotatable bonds is 6. The maximum Gasteiger partial charge on any atom is 0.161 e. The van der Waals surface area contributed by atoms with Crippen molar-refractivity contribution in [1.29, 1.82) is 0 Å². The first-order valence-electron chi connectivity index (χ1n) is 7.11. The monoisotopic (exact) mass is 280 g/mol. The number of aliphatic hydroxyl groups excluding tert-OH is 1. The maximum absolute atomic E-state index is 10.1. The van der Waals surface area contributed by atoms with Gasteiger partial charge in [0.1, 0.15) is 12.7 Å². The fraction of sp³-hybridized carbons (Fsp3) is 0.600. The normalized spacial score (nSPS) is 18.8. The summed E-state index contributed by atoms with van der Waals surface area (Å²) in [5, 5.41) is 10.1. The fourth-order valence-corrected chi connectivity index (χ4v) is 2.41. The van der Waals surface area contributed by atoms with Gasteiger partial charge in [0, 0.05) is 12.6 Å². The molecule has 0 radical (unpaired) electrons. The van der Waals surface area contributed by atoms with E-state index in [1.54, 1.807) is 7.11 Å². The van der Waals surface area contributed by atoms with Crippen molar-refractivity contribution in [3.05, 3.63) is 24.3 Å². The molecule has 20 heavy (non-hydrogen) atoms. The molecule has 0 amide bonds. The van der Waals surface area contributed by atoms with E-state index in [-0.39, 0.29) is 6.61 Å². The number of benzene rings is 1. The minimum absolute atomic E-state index is 0.267. The molecule has 1 aliphatic rings. The van der Waals surface area contributed by atoms with Crippen molar-refractivity contribution in [3.63, 3.8) is 0 Å². The van der Waals surface area contributed by atoms with Crippen LogP contribution in [0.4, 0.5) is 0 Å². The molecule has 1 heterocycles. The number of piperidine rings is 1. The first-order chi connectivity index (χ1) is 9.69. The van der Waals surface area contributed by atoms with Gasteiger partial charge in [-0.3, -0.25) is 0 Å². The van der Waals surface area contributed by atoms with Crippen LogP contribution in [-0.4, -0.2) is 55.5 Å². The summed E-state index contributed by atoms with van der Waals surface area (Å²) in [5.41, 5.74) is 5.87. The van der Waals surface area contributed by atoms with Crippen molar-refractivity contribution in [2.45, 2.75) is 25.0 Å². The number of nitrogens with zero attached hydrogens (tertiary/aromatic N) is 1. The van der Waals surface area contributed by atoms with Crippen LogP contribution < -0.4 is 15.2 Å². The summed E-state index contributed by atoms with van der Waals surface area (Å²) in [6.07, 6.45) is 1.49. The Morgan fingerprint density at radius 2 is 1.95 bits per heavy atom. The highest BCUT2D eigenvalue weighted by Gasteiger charge is 2.19. The SMILES string of the molecule is COc1ccccc1OC[C@H](O)CN1CCC(N)CC1. The first kappa shape index (κ1) is 15.1. The number of β-amino-alcohol motifs (C(OH)–C–C–N with tert-alkyl or cyclic N) is 1. The van der Waals surface area contributed by atoms with Gasteiger partial charge in [0.25, 0.3) is 0 Å². The van der Waals surface area contributed by atoms with Gasteiger partial charge in [0.15, 0.2) is 11.5 Å². The van der Waals surface area contributed by atoms with Gasteiger partial charge >= 0.3 is 0 Å². The number of hydrogen-bond acceptors (Lipinski definition) is 5. The lowest BCUT2D eigenvalue weighted by Gasteiger charge is -2.31. The van der Waals surface area contributed by atoms with Crippen molar-refractivity contribution in [3.8, 4) is 11.5 Å². The molecule has 1 fully saturated rings. The third kappa shape index (κ3) is 4.37. The van der Waals surface area contributed by atoms with Gasteiger partial charge < -0.3 is 25.2 Å². The minimum Gasteiger partial charge on any atom is -0.493 e. The fourth-order valence-electron chi connectivity index (χ4n) is 2.41. The highest BCUT2D eigenvalue weighted by molar-refractivity contribution is 5.39. The Morgan fingerprint density at radius 1 is 1.30 bits per heavy atom. The smallest absolute Gasteiger partial charge is 0.161 e. The van der Waals surface area contributed by atoms with Crippen LogP contribution in [0.15, 0.2) is 24.3 Å². The van der Waals surface area contributed by atoms with Crippen LogP contribution >= 0.6 is 0 Å². The molecule has 5 heteroatoms. The highest BCUT2D eigenvalue weighted by Crippen LogP contribution is 2.25. The van der Waals surface area contributed by atoms with Gasteiger partial charge in [-0.05, 0) is 38.1 Å². The molecular weight excluding hydrogens is 256 g/mol. The zero-order valence-corrected chi connectivity index (χ0v) is 12.0. The van der Waals surface area contributed by atoms with Crippen molar-refractivity contribution >= 4 is 0 Å². The van der Waals surface area contributed by atoms with Gasteiger partial charge in [-0.1, -0.05) is 12.1 Å². The third-order valence-corrected chi connectivity index (χ3v) is 3.60. The van der Waals surface area contributed by atoms with E-state index in [0.717, 1.165) is 25.9 Å². The summed E-state index contributed by atoms with van der Waals surface area (Å²) >= 11 is 0. The second-order valence-electron chi connectivity index (χ2n) is 5.25. The van der Waals surface area contributed by atoms with Crippen LogP contribution in [0.1, 0.15) is 12.8 Å². The summed E-state index contributed by atoms with van der Waals surface area (Å²) < 4.78 is 10.8. The number of nitrogens with two attached hydrogens (primary N) is 1. The molecule has 0 spiro atoms. The maximum atomic E-state index is 10.1. The average molecular weight is 280 g/mol. The quantitative estimate of drug-likeness (QED) is 0.809. The molecule has 2 rings (SSSR count). The summed E-state index contributed by atoms with van der Waals surface area (Å²) in [7, 11) is 1.61. The highest BCUT2D eigenvalue weighted by atomic mass is 16.5. The van der Waals surface area contributed by atoms with E-state index in [2.05, 4.69) is 4.90 Å². The van der Waals surface area contributed by atoms with Crippen LogP contribution in [0, 0.1) is 0 Å². The largest absolute Gasteiger partial charge is 0.493 e. The van der Waals surface area contributed by atoms with Crippen molar-refractivity contribution in [1.82, 2.24) is 4.90 Å². The first-order valence-corrected chi connectivity index (χ1v) is 7.11. The van der Waals surface area contributed by atoms with E-state index in [1.807, 2.05) is 24.3 Å². The Labute approximate surface area is 120 Å². The van der Waals surface area contributed by atoms with Crippen LogP contribution in [0.2, 0.25) is 0 Å². The van der Waals surface area contributed by atoms with Gasteiger partial charge in [0.2, 0.25) is 0 Å². The number of para-hydroxylation sites is 2. The van der Waals surface area contributed by atoms with Crippen molar-refractivity contribution < 1.29 is 14.6 Å². The summed E-state index contributed by atoms with van der Waals surface area (Å²) in [6.45, 7) is 2.80. The number of hydrogen-bond donors (Lipinski definition) is 2. The molecule has 0 bridgehead atoms. The standard InChI is InChI=1S/C15H24N2O3/c1-19-14-4-2-3-5-15(14)20-11-13(18)10-17-8-6-12(16)7-9-17/h2-5,12-13,18H,6-11,16H2,1H3/t13-/m1/s1. The number of ether oxygens (including phenoxy) is 2. The summed E-state index contributed by atoms with van der Waals surface area (Å²) in [6, 6.07) is 7.77. The van der Waals surface area contributed by atoms with Crippen LogP contribution in [0.5, 0.6) is 11.5 Å². The molecule has 1 aromatic rings. The Hall–Kier alpha value is -1.30. The molecule has 5 nitrogen and oxygen atoms in total. The molecule has 3 N–H and O–H groups in total. The minimum atomic E-state index is -0.505. The van der Waals surface area contributed by atoms with E-state index in [4.69, 9.17) is 15.2 Å². The molecule has 1 atom stereocenters. The third-order valence-electron chi connectivity index (χ3n) is 3.60. The lowest BCUT2D eigenvalue weighted by molar-refractivity contribution is 0.0588. The lowest BCUT2D eigenvalue weighted by Crippen LogP contribution is -2.44. The van der Waals surface area contributed by atoms with Gasteiger partial charge in [-0.25, -0.2) is 0 Å². The molecule has 0 aliphatic carbocycles. The Bertz CT molecular complexity index is 406. The van der Waals surface area contributed by atoms with E-state index >= 15 is 0 Å². The van der Waals surface area contributed by atoms with Gasteiger partial charge in [-0.2, -0.15) is 0 Å². The molecule has 0 aromatic heterocycles. The van der Waals surface area contributed by atoms with Gasteiger partial charge in [-0.15, -0.1) is 0 Å². The van der Waals surface area contributed by atoms with Crippen LogP contribution in [-0.2, 0) is 0 Å². The molecule has 0 saturated carbocycles.